The van der Waals surface area contributed by atoms with Crippen LogP contribution in [0.15, 0.2) is 41.4 Å². The molecule has 2 aromatic rings. The van der Waals surface area contributed by atoms with Gasteiger partial charge in [0.1, 0.15) is 0 Å². The van der Waals surface area contributed by atoms with Crippen LogP contribution in [0.1, 0.15) is 35.9 Å². The van der Waals surface area contributed by atoms with Crippen LogP contribution in [0, 0.1) is 0 Å². The predicted molar refractivity (Wildman–Crippen MR) is 76.1 cm³/mol. The Hall–Kier alpha value is -1.95. The molecule has 0 aliphatic carbocycles. The van der Waals surface area contributed by atoms with Gasteiger partial charge in [0.25, 0.3) is 0 Å². The summed E-state index contributed by atoms with van der Waals surface area (Å²) in [5.74, 6) is -0.740. The molecule has 0 spiro atoms. The van der Waals surface area contributed by atoms with Gasteiger partial charge in [-0.2, -0.15) is 5.10 Å². The van der Waals surface area contributed by atoms with Crippen molar-refractivity contribution in [2.45, 2.75) is 30.5 Å². The molecule has 0 saturated heterocycles. The van der Waals surface area contributed by atoms with Gasteiger partial charge in [-0.15, -0.1) is 0 Å². The fraction of sp³-hybridized carbons (Fsp3) is 0.286. The van der Waals surface area contributed by atoms with E-state index in [-0.39, 0.29) is 17.4 Å². The molecular formula is C14H16N2O3S. The molecule has 0 bridgehead atoms. The van der Waals surface area contributed by atoms with Crippen LogP contribution >= 0.6 is 0 Å². The molecule has 0 saturated carbocycles. The summed E-state index contributed by atoms with van der Waals surface area (Å²) in [7, 11) is -1.30. The summed E-state index contributed by atoms with van der Waals surface area (Å²) in [4.78, 5) is 11.4. The van der Waals surface area contributed by atoms with Crippen LogP contribution < -0.4 is 0 Å². The fourth-order valence-electron chi connectivity index (χ4n) is 1.73. The third-order valence-electron chi connectivity index (χ3n) is 2.82. The number of nitrogens with zero attached hydrogens (tertiary/aromatic N) is 2. The first-order valence-corrected chi connectivity index (χ1v) is 7.55. The van der Waals surface area contributed by atoms with Crippen molar-refractivity contribution >= 4 is 16.8 Å². The number of aromatic carboxylic acids is 1. The lowest BCUT2D eigenvalue weighted by molar-refractivity contribution is 0.0696. The maximum atomic E-state index is 12.2. The highest BCUT2D eigenvalue weighted by Crippen LogP contribution is 2.14. The zero-order valence-electron chi connectivity index (χ0n) is 11.3. The van der Waals surface area contributed by atoms with Crippen LogP contribution in [0.5, 0.6) is 0 Å². The highest BCUT2D eigenvalue weighted by molar-refractivity contribution is 7.84. The number of hydrogen-bond donors (Lipinski definition) is 1. The number of benzene rings is 1. The van der Waals surface area contributed by atoms with Gasteiger partial charge < -0.3 is 5.11 Å². The Morgan fingerprint density at radius 2 is 2.15 bits per heavy atom. The van der Waals surface area contributed by atoms with Crippen molar-refractivity contribution in [1.82, 2.24) is 9.78 Å². The van der Waals surface area contributed by atoms with Crippen LogP contribution in [0.25, 0.3) is 0 Å². The SMILES string of the molecule is CC(C)n1ccc(CS(=O)c2cccc(C(=O)O)c2)n1. The molecule has 1 aromatic carbocycles. The molecule has 0 aliphatic heterocycles. The van der Waals surface area contributed by atoms with E-state index in [2.05, 4.69) is 5.10 Å². The molecule has 0 fully saturated rings. The highest BCUT2D eigenvalue weighted by Gasteiger charge is 2.11. The van der Waals surface area contributed by atoms with Gasteiger partial charge in [0.2, 0.25) is 0 Å². The number of aromatic nitrogens is 2. The minimum absolute atomic E-state index is 0.142. The number of carboxylic acids is 1. The average Bonchev–Trinajstić information content (AvgIpc) is 2.87. The van der Waals surface area contributed by atoms with Gasteiger partial charge in [-0.25, -0.2) is 4.79 Å². The van der Waals surface area contributed by atoms with Gasteiger partial charge in [-0.05, 0) is 38.1 Å². The van der Waals surface area contributed by atoms with Crippen LogP contribution in [-0.2, 0) is 16.6 Å². The van der Waals surface area contributed by atoms with Gasteiger partial charge in [0.15, 0.2) is 0 Å². The molecule has 0 radical (unpaired) electrons. The van der Waals surface area contributed by atoms with E-state index < -0.39 is 16.8 Å². The lowest BCUT2D eigenvalue weighted by atomic mass is 10.2. The monoisotopic (exact) mass is 292 g/mol. The predicted octanol–water partition coefficient (Wildman–Crippen LogP) is 2.47. The van der Waals surface area contributed by atoms with Gasteiger partial charge in [-0.3, -0.25) is 8.89 Å². The van der Waals surface area contributed by atoms with Crippen molar-refractivity contribution in [3.8, 4) is 0 Å². The lowest BCUT2D eigenvalue weighted by Crippen LogP contribution is -2.04. The van der Waals surface area contributed by atoms with Crippen LogP contribution in [0.2, 0.25) is 0 Å². The second-order valence-electron chi connectivity index (χ2n) is 4.70. The molecule has 106 valence electrons. The van der Waals surface area contributed by atoms with Crippen molar-refractivity contribution in [3.05, 3.63) is 47.8 Å². The number of carboxylic acid groups (broad SMARTS) is 1. The molecule has 1 aromatic heterocycles. The van der Waals surface area contributed by atoms with E-state index in [1.165, 1.54) is 12.1 Å². The largest absolute Gasteiger partial charge is 0.478 e. The molecule has 1 N–H and O–H groups in total. The van der Waals surface area contributed by atoms with E-state index >= 15 is 0 Å². The molecule has 5 nitrogen and oxygen atoms in total. The molecule has 20 heavy (non-hydrogen) atoms. The fourth-order valence-corrected chi connectivity index (χ4v) is 2.81. The van der Waals surface area contributed by atoms with Crippen molar-refractivity contribution in [3.63, 3.8) is 0 Å². The van der Waals surface area contributed by atoms with Gasteiger partial charge in [-0.1, -0.05) is 6.07 Å². The lowest BCUT2D eigenvalue weighted by Gasteiger charge is -2.04. The smallest absolute Gasteiger partial charge is 0.335 e. The topological polar surface area (TPSA) is 72.2 Å². The zero-order valence-corrected chi connectivity index (χ0v) is 12.1. The standard InChI is InChI=1S/C14H16N2O3S/c1-10(2)16-7-6-12(15-16)9-20(19)13-5-3-4-11(8-13)14(17)18/h3-8,10H,9H2,1-2H3,(H,17,18). The Morgan fingerprint density at radius 3 is 2.75 bits per heavy atom. The summed E-state index contributed by atoms with van der Waals surface area (Å²) in [5.41, 5.74) is 0.876. The van der Waals surface area contributed by atoms with Gasteiger partial charge in [0.05, 0.1) is 27.8 Å². The second kappa shape index (κ2) is 6.00. The summed E-state index contributed by atoms with van der Waals surface area (Å²) < 4.78 is 14.0. The van der Waals surface area contributed by atoms with E-state index in [1.54, 1.807) is 16.8 Å². The summed E-state index contributed by atoms with van der Waals surface area (Å²) in [6, 6.07) is 8.28. The molecule has 1 atom stereocenters. The molecule has 0 amide bonds. The molecule has 2 rings (SSSR count). The zero-order chi connectivity index (χ0) is 14.7. The van der Waals surface area contributed by atoms with E-state index in [4.69, 9.17) is 5.11 Å². The van der Waals surface area contributed by atoms with Crippen LogP contribution in [0.4, 0.5) is 0 Å². The first-order chi connectivity index (χ1) is 9.47. The second-order valence-corrected chi connectivity index (χ2v) is 6.15. The maximum absolute atomic E-state index is 12.2. The number of carbonyl (C=O) groups is 1. The van der Waals surface area contributed by atoms with Crippen LogP contribution in [0.3, 0.4) is 0 Å². The Balaban J connectivity index is 2.15. The Morgan fingerprint density at radius 1 is 1.40 bits per heavy atom. The molecule has 1 unspecified atom stereocenters. The van der Waals surface area contributed by atoms with Crippen molar-refractivity contribution in [1.29, 1.82) is 0 Å². The highest BCUT2D eigenvalue weighted by atomic mass is 32.2. The van der Waals surface area contributed by atoms with Crippen molar-refractivity contribution in [2.24, 2.45) is 0 Å². The average molecular weight is 292 g/mol. The molecule has 1 heterocycles. The normalized spacial score (nSPS) is 12.6. The van der Waals surface area contributed by atoms with E-state index in [1.807, 2.05) is 26.1 Å². The van der Waals surface area contributed by atoms with E-state index in [0.717, 1.165) is 5.69 Å². The summed E-state index contributed by atoms with van der Waals surface area (Å²) in [6.45, 7) is 4.04. The minimum atomic E-state index is -1.30. The molecule has 6 heteroatoms. The van der Waals surface area contributed by atoms with Crippen molar-refractivity contribution < 1.29 is 14.1 Å². The number of hydrogen-bond acceptors (Lipinski definition) is 3. The van der Waals surface area contributed by atoms with Crippen molar-refractivity contribution in [2.75, 3.05) is 0 Å². The minimum Gasteiger partial charge on any atom is -0.478 e. The van der Waals surface area contributed by atoms with Gasteiger partial charge >= 0.3 is 5.97 Å². The van der Waals surface area contributed by atoms with E-state index in [0.29, 0.717) is 4.90 Å². The third kappa shape index (κ3) is 3.33. The molecular weight excluding hydrogens is 276 g/mol. The summed E-state index contributed by atoms with van der Waals surface area (Å²) >= 11 is 0. The number of rotatable bonds is 5. The molecule has 0 aliphatic rings. The Kier molecular flexibility index (Phi) is 4.34. The first-order valence-electron chi connectivity index (χ1n) is 6.23. The van der Waals surface area contributed by atoms with Gasteiger partial charge in [0, 0.05) is 17.1 Å². The first kappa shape index (κ1) is 14.5. The summed E-state index contributed by atoms with van der Waals surface area (Å²) in [6.07, 6.45) is 1.85. The maximum Gasteiger partial charge on any atom is 0.335 e. The summed E-state index contributed by atoms with van der Waals surface area (Å²) in [5, 5.41) is 13.3. The third-order valence-corrected chi connectivity index (χ3v) is 4.15. The quantitative estimate of drug-likeness (QED) is 0.919. The van der Waals surface area contributed by atoms with Crippen LogP contribution in [-0.4, -0.2) is 25.1 Å². The Bertz CT molecular complexity index is 649. The van der Waals surface area contributed by atoms with E-state index in [9.17, 15) is 9.00 Å². The Labute approximate surface area is 119 Å².